The number of Topliss-reactive ketones (excluding diaryl/α,β-unsaturated/α-hetero) is 1. The molecular formula is C56H70F4N8O18S2. The largest absolute Gasteiger partial charge is 0.451 e. The summed E-state index contributed by atoms with van der Waals surface area (Å²) < 4.78 is 156. The Hall–Kier alpha value is -7.76. The zero-order valence-electron chi connectivity index (χ0n) is 47.9. The van der Waals surface area contributed by atoms with Crippen molar-refractivity contribution in [3.8, 4) is 23.0 Å². The van der Waals surface area contributed by atoms with Gasteiger partial charge >= 0.3 is 0 Å². The monoisotopic (exact) mass is 1280 g/mol. The van der Waals surface area contributed by atoms with E-state index in [0.717, 1.165) is 24.3 Å². The molecular weight excluding hydrogens is 1210 g/mol. The molecule has 0 unspecified atom stereocenters. The first kappa shape index (κ1) is 72.7. The number of carbonyl (C=O) groups excluding carboxylic acids is 4. The molecule has 3 amide bonds. The van der Waals surface area contributed by atoms with Gasteiger partial charge in [-0.25, -0.2) is 39.1 Å². The molecule has 88 heavy (non-hydrogen) atoms. The van der Waals surface area contributed by atoms with Crippen molar-refractivity contribution < 1.29 is 102 Å². The molecule has 0 aromatic heterocycles. The fraction of sp³-hybridized carbons (Fsp3) is 0.393. The van der Waals surface area contributed by atoms with Crippen LogP contribution in [0.2, 0.25) is 0 Å². The molecule has 0 saturated carbocycles. The molecule has 26 nitrogen and oxygen atoms in total. The van der Waals surface area contributed by atoms with E-state index < -0.39 is 102 Å². The SMILES string of the molecule is C/C(=C\c1cc(F)c(Oc2ccc(S(=O)(=O)CCCOCCOCCOCCCC(=O)[C@H](O)[C@@H](O)C(=O)NCCOCCOCCOCCNS(=O)(=O)c3ccc(Oc4c(F)cc(/C=C(\C)C(=O)N=C(N)N)cc4F)cc3)cc2)c(F)c1)C(=O)N=C(N)N. The topological polar surface area (TPSA) is 404 Å². The van der Waals surface area contributed by atoms with Crippen molar-refractivity contribution in [3.63, 3.8) is 0 Å². The van der Waals surface area contributed by atoms with Gasteiger partial charge < -0.3 is 76.4 Å². The molecule has 4 rings (SSSR count). The van der Waals surface area contributed by atoms with Crippen LogP contribution in [0.5, 0.6) is 23.0 Å². The first-order valence-electron chi connectivity index (χ1n) is 26.8. The van der Waals surface area contributed by atoms with Crippen molar-refractivity contribution in [1.29, 1.82) is 0 Å². The highest BCUT2D eigenvalue weighted by Crippen LogP contribution is 2.32. The summed E-state index contributed by atoms with van der Waals surface area (Å²) in [6.45, 7) is 4.01. The third-order valence-corrected chi connectivity index (χ3v) is 14.9. The van der Waals surface area contributed by atoms with Gasteiger partial charge in [-0.1, -0.05) is 0 Å². The Labute approximate surface area is 504 Å². The summed E-state index contributed by atoms with van der Waals surface area (Å²) in [5.74, 6) is -10.5. The predicted octanol–water partition coefficient (Wildman–Crippen LogP) is 2.66. The molecule has 0 aliphatic carbocycles. The summed E-state index contributed by atoms with van der Waals surface area (Å²) in [5.41, 5.74) is 20.7. The number of carbonyl (C=O) groups is 4. The Balaban J connectivity index is 0.951. The lowest BCUT2D eigenvalue weighted by Gasteiger charge is -2.16. The standard InChI is InChI=1S/C56H70F4N8O18S2/c1-35(52(72)67-55(61)62)29-37-31-43(57)50(44(58)32-37)85-39-6-10-41(11-7-39)87(75,76)28-4-17-80-21-25-83-24-20-79-16-3-5-47(69)48(70)49(71)54(74)65-14-18-81-22-26-84-27-23-82-19-15-66-88(77,78)42-12-8-40(9-13-42)86-51-45(59)33-38(34-46(51)60)30-36(2)53(73)68-56(63)64/h6-13,29-34,48-49,66,70-71H,3-5,14-28H2,1-2H3,(H,65,74)(H4,61,62,67,72)(H4,63,64,68,73)/b35-29+,36-30+/t48-,49+/m0/s1. The van der Waals surface area contributed by atoms with E-state index in [1.54, 1.807) is 0 Å². The molecule has 4 aromatic rings. The Morgan fingerprint density at radius 3 is 1.33 bits per heavy atom. The number of aliphatic hydroxyl groups excluding tert-OH is 2. The minimum Gasteiger partial charge on any atom is -0.451 e. The van der Waals surface area contributed by atoms with E-state index in [-0.39, 0.29) is 161 Å². The molecule has 0 radical (unpaired) electrons. The van der Waals surface area contributed by atoms with Gasteiger partial charge in [-0.05, 0) is 123 Å². The third-order valence-electron chi connectivity index (χ3n) is 11.6. The Morgan fingerprint density at radius 1 is 0.534 bits per heavy atom. The van der Waals surface area contributed by atoms with Crippen LogP contribution in [0.3, 0.4) is 0 Å². The van der Waals surface area contributed by atoms with E-state index in [1.165, 1.54) is 74.5 Å². The van der Waals surface area contributed by atoms with Crippen LogP contribution in [0, 0.1) is 23.3 Å². The number of nitrogens with one attached hydrogen (secondary N) is 2. The van der Waals surface area contributed by atoms with E-state index in [0.29, 0.717) is 0 Å². The molecule has 0 fully saturated rings. The molecule has 0 spiro atoms. The quantitative estimate of drug-likeness (QED) is 0.0104. The van der Waals surface area contributed by atoms with Gasteiger partial charge in [0.1, 0.15) is 17.6 Å². The zero-order valence-corrected chi connectivity index (χ0v) is 49.6. The average molecular weight is 1280 g/mol. The average Bonchev–Trinajstić information content (AvgIpc) is 3.51. The lowest BCUT2D eigenvalue weighted by Crippen LogP contribution is -2.46. The van der Waals surface area contributed by atoms with Crippen molar-refractivity contribution in [1.82, 2.24) is 10.0 Å². The molecule has 482 valence electrons. The minimum absolute atomic E-state index is 0.00226. The second kappa shape index (κ2) is 37.2. The second-order valence-corrected chi connectivity index (χ2v) is 22.5. The smallest absolute Gasteiger partial charge is 0.275 e. The maximum Gasteiger partial charge on any atom is 0.275 e. The van der Waals surface area contributed by atoms with E-state index in [2.05, 4.69) is 20.0 Å². The van der Waals surface area contributed by atoms with Crippen LogP contribution in [0.1, 0.15) is 44.2 Å². The number of aliphatic imine (C=N–C) groups is 2. The van der Waals surface area contributed by atoms with E-state index in [4.69, 9.17) is 60.8 Å². The van der Waals surface area contributed by atoms with Crippen LogP contribution in [0.4, 0.5) is 17.6 Å². The summed E-state index contributed by atoms with van der Waals surface area (Å²) >= 11 is 0. The highest BCUT2D eigenvalue weighted by molar-refractivity contribution is 7.91. The van der Waals surface area contributed by atoms with Crippen molar-refractivity contribution >= 4 is 67.4 Å². The summed E-state index contributed by atoms with van der Waals surface area (Å²) in [6.07, 6.45) is -1.47. The highest BCUT2D eigenvalue weighted by Gasteiger charge is 2.29. The molecule has 0 aliphatic heterocycles. The first-order valence-corrected chi connectivity index (χ1v) is 29.9. The number of benzene rings is 4. The fourth-order valence-corrected chi connectivity index (χ4v) is 9.54. The van der Waals surface area contributed by atoms with Crippen LogP contribution in [0.15, 0.2) is 104 Å². The molecule has 32 heteroatoms. The van der Waals surface area contributed by atoms with Crippen molar-refractivity contribution in [2.75, 3.05) is 98.1 Å². The Kier molecular flexibility index (Phi) is 30.7. The van der Waals surface area contributed by atoms with Gasteiger partial charge in [-0.2, -0.15) is 9.98 Å². The van der Waals surface area contributed by atoms with Gasteiger partial charge in [0.25, 0.3) is 17.7 Å². The molecule has 0 saturated heterocycles. The van der Waals surface area contributed by atoms with E-state index in [9.17, 15) is 63.8 Å². The molecule has 0 heterocycles. The molecule has 0 bridgehead atoms. The third kappa shape index (κ3) is 25.9. The van der Waals surface area contributed by atoms with Gasteiger partial charge in [0, 0.05) is 43.9 Å². The zero-order chi connectivity index (χ0) is 64.8. The van der Waals surface area contributed by atoms with E-state index in [1.807, 2.05) is 0 Å². The summed E-state index contributed by atoms with van der Waals surface area (Å²) in [7, 11) is -7.74. The number of hydrogen-bond donors (Lipinski definition) is 8. The maximum atomic E-state index is 14.8. The number of halogens is 4. The van der Waals surface area contributed by atoms with Crippen molar-refractivity contribution in [2.24, 2.45) is 32.9 Å². The normalized spacial score (nSPS) is 12.7. The Bertz CT molecular complexity index is 3070. The number of aliphatic hydroxyl groups is 2. The molecule has 4 aromatic carbocycles. The van der Waals surface area contributed by atoms with Crippen LogP contribution < -0.4 is 42.4 Å². The minimum atomic E-state index is -4.00. The van der Waals surface area contributed by atoms with Gasteiger partial charge in [0.05, 0.1) is 81.6 Å². The van der Waals surface area contributed by atoms with Crippen LogP contribution in [-0.2, 0) is 67.5 Å². The number of guanidine groups is 2. The number of hydrogen-bond acceptors (Lipinski definition) is 18. The van der Waals surface area contributed by atoms with Crippen LogP contribution in [-0.4, -0.2) is 173 Å². The number of nitrogens with zero attached hydrogens (tertiary/aromatic N) is 2. The predicted molar refractivity (Wildman–Crippen MR) is 311 cm³/mol. The first-order chi connectivity index (χ1) is 41.8. The number of ether oxygens (including phenoxy) is 8. The summed E-state index contributed by atoms with van der Waals surface area (Å²) in [6, 6.07) is 13.4. The Morgan fingerprint density at radius 2 is 0.909 bits per heavy atom. The van der Waals surface area contributed by atoms with Gasteiger partial charge in [-0.3, -0.25) is 19.2 Å². The maximum absolute atomic E-state index is 14.8. The molecule has 12 N–H and O–H groups in total. The summed E-state index contributed by atoms with van der Waals surface area (Å²) in [4.78, 5) is 55.0. The molecule has 2 atom stereocenters. The summed E-state index contributed by atoms with van der Waals surface area (Å²) in [5, 5.41) is 22.7. The lowest BCUT2D eigenvalue weighted by molar-refractivity contribution is -0.145. The van der Waals surface area contributed by atoms with Crippen LogP contribution >= 0.6 is 0 Å². The molecule has 0 aliphatic rings. The van der Waals surface area contributed by atoms with Crippen molar-refractivity contribution in [3.05, 3.63) is 118 Å². The van der Waals surface area contributed by atoms with Crippen LogP contribution in [0.25, 0.3) is 12.2 Å². The number of sulfone groups is 1. The van der Waals surface area contributed by atoms with Gasteiger partial charge in [0.2, 0.25) is 10.0 Å². The van der Waals surface area contributed by atoms with E-state index >= 15 is 0 Å². The lowest BCUT2D eigenvalue weighted by atomic mass is 10.1. The van der Waals surface area contributed by atoms with Gasteiger partial charge in [-0.15, -0.1) is 0 Å². The van der Waals surface area contributed by atoms with Gasteiger partial charge in [0.15, 0.2) is 68.4 Å². The number of rotatable bonds is 40. The second-order valence-electron chi connectivity index (χ2n) is 18.6. The van der Waals surface area contributed by atoms with Crippen molar-refractivity contribution in [2.45, 2.75) is 55.1 Å². The number of nitrogens with two attached hydrogens (primary N) is 4. The fourth-order valence-electron chi connectivity index (χ4n) is 7.24. The number of ketones is 1. The highest BCUT2D eigenvalue weighted by atomic mass is 32.2. The number of amides is 3. The number of sulfonamides is 1.